The van der Waals surface area contributed by atoms with Crippen molar-refractivity contribution in [2.75, 3.05) is 13.1 Å². The van der Waals surface area contributed by atoms with Gasteiger partial charge in [0.25, 0.3) is 5.91 Å². The predicted octanol–water partition coefficient (Wildman–Crippen LogP) is 3.71. The first-order valence-electron chi connectivity index (χ1n) is 9.54. The van der Waals surface area contributed by atoms with E-state index in [1.165, 1.54) is 0 Å². The number of nitriles is 1. The minimum atomic E-state index is -0.576. The lowest BCUT2D eigenvalue weighted by atomic mass is 9.88. The summed E-state index contributed by atoms with van der Waals surface area (Å²) in [6.07, 6.45) is 0. The van der Waals surface area contributed by atoms with Crippen molar-refractivity contribution in [2.45, 2.75) is 32.9 Å². The summed E-state index contributed by atoms with van der Waals surface area (Å²) in [5.74, 6) is 0.689. The van der Waals surface area contributed by atoms with Crippen molar-refractivity contribution in [2.24, 2.45) is 0 Å². The number of amides is 1. The van der Waals surface area contributed by atoms with Crippen LogP contribution < -0.4 is 10.1 Å². The maximum atomic E-state index is 13.3. The lowest BCUT2D eigenvalue weighted by Crippen LogP contribution is -2.42. The van der Waals surface area contributed by atoms with Gasteiger partial charge >= 0.3 is 0 Å². The largest absolute Gasteiger partial charge is 0.483 e. The van der Waals surface area contributed by atoms with Crippen molar-refractivity contribution < 1.29 is 9.53 Å². The van der Waals surface area contributed by atoms with Crippen molar-refractivity contribution >= 4 is 11.6 Å². The minimum Gasteiger partial charge on any atom is -0.483 e. The number of hydrogen-bond acceptors (Lipinski definition) is 4. The first kappa shape index (κ1) is 18.3. The van der Waals surface area contributed by atoms with Crippen LogP contribution in [-0.4, -0.2) is 29.5 Å². The maximum Gasteiger partial charge on any atom is 0.258 e. The summed E-state index contributed by atoms with van der Waals surface area (Å²) in [6, 6.07) is 15.3. The molecule has 0 spiro atoms. The first-order chi connectivity index (χ1) is 13.5. The Balaban J connectivity index is 1.93. The van der Waals surface area contributed by atoms with Crippen LogP contribution in [0.15, 0.2) is 48.0 Å². The van der Waals surface area contributed by atoms with Crippen LogP contribution in [-0.2, 0) is 6.54 Å². The second-order valence-corrected chi connectivity index (χ2v) is 7.59. The SMILES string of the molecule is CCNCC1=C(N2Cc3ccccc3C2=O)c2cc(C#N)ccc2OC1(C)C. The van der Waals surface area contributed by atoms with Crippen molar-refractivity contribution in [3.63, 3.8) is 0 Å². The molecule has 2 aliphatic rings. The molecule has 1 amide bonds. The van der Waals surface area contributed by atoms with Gasteiger partial charge in [0.2, 0.25) is 0 Å². The van der Waals surface area contributed by atoms with Gasteiger partial charge in [-0.1, -0.05) is 25.1 Å². The van der Waals surface area contributed by atoms with Gasteiger partial charge in [-0.05, 0) is 50.2 Å². The summed E-state index contributed by atoms with van der Waals surface area (Å²) < 4.78 is 6.29. The first-order valence-corrected chi connectivity index (χ1v) is 9.54. The van der Waals surface area contributed by atoms with E-state index in [1.807, 2.05) is 55.1 Å². The van der Waals surface area contributed by atoms with Gasteiger partial charge in [-0.3, -0.25) is 4.79 Å². The van der Waals surface area contributed by atoms with E-state index < -0.39 is 5.60 Å². The van der Waals surface area contributed by atoms with E-state index in [4.69, 9.17) is 4.74 Å². The maximum absolute atomic E-state index is 13.3. The van der Waals surface area contributed by atoms with Gasteiger partial charge in [0.1, 0.15) is 11.4 Å². The monoisotopic (exact) mass is 373 g/mol. The van der Waals surface area contributed by atoms with Gasteiger partial charge in [-0.2, -0.15) is 5.26 Å². The molecule has 0 radical (unpaired) electrons. The summed E-state index contributed by atoms with van der Waals surface area (Å²) >= 11 is 0. The molecule has 1 N–H and O–H groups in total. The Labute approximate surface area is 165 Å². The molecule has 2 aliphatic heterocycles. The quantitative estimate of drug-likeness (QED) is 0.887. The lowest BCUT2D eigenvalue weighted by Gasteiger charge is -2.39. The Morgan fingerprint density at radius 2 is 2.00 bits per heavy atom. The van der Waals surface area contributed by atoms with E-state index in [0.29, 0.717) is 24.4 Å². The number of carbonyl (C=O) groups is 1. The van der Waals surface area contributed by atoms with Crippen LogP contribution in [0.25, 0.3) is 5.70 Å². The van der Waals surface area contributed by atoms with E-state index in [-0.39, 0.29) is 5.91 Å². The van der Waals surface area contributed by atoms with Crippen molar-refractivity contribution in [3.05, 3.63) is 70.3 Å². The molecule has 5 heteroatoms. The number of fused-ring (bicyclic) bond motifs is 2. The van der Waals surface area contributed by atoms with E-state index in [9.17, 15) is 10.1 Å². The van der Waals surface area contributed by atoms with Crippen molar-refractivity contribution in [1.82, 2.24) is 10.2 Å². The van der Waals surface area contributed by atoms with Crippen LogP contribution in [0, 0.1) is 11.3 Å². The Hall–Kier alpha value is -3.10. The molecule has 0 saturated carbocycles. The zero-order valence-corrected chi connectivity index (χ0v) is 16.4. The second kappa shape index (κ2) is 6.81. The average Bonchev–Trinajstić information content (AvgIpc) is 3.02. The third-order valence-electron chi connectivity index (χ3n) is 5.38. The Kier molecular flexibility index (Phi) is 4.44. The van der Waals surface area contributed by atoms with Gasteiger partial charge in [-0.25, -0.2) is 0 Å². The third kappa shape index (κ3) is 2.87. The molecule has 5 nitrogen and oxygen atoms in total. The highest BCUT2D eigenvalue weighted by atomic mass is 16.5. The number of rotatable bonds is 4. The lowest BCUT2D eigenvalue weighted by molar-refractivity contribution is 0.0842. The molecule has 0 bridgehead atoms. The molecule has 0 atom stereocenters. The Morgan fingerprint density at radius 3 is 2.71 bits per heavy atom. The highest BCUT2D eigenvalue weighted by molar-refractivity contribution is 6.04. The molecule has 2 aromatic carbocycles. The summed E-state index contributed by atoms with van der Waals surface area (Å²) in [5.41, 5.74) is 4.39. The average molecular weight is 373 g/mol. The molecule has 0 unspecified atom stereocenters. The predicted molar refractivity (Wildman–Crippen MR) is 108 cm³/mol. The number of carbonyl (C=O) groups excluding carboxylic acids is 1. The number of hydrogen-bond donors (Lipinski definition) is 1. The highest BCUT2D eigenvalue weighted by Crippen LogP contribution is 2.44. The number of benzene rings is 2. The van der Waals surface area contributed by atoms with Crippen LogP contribution in [0.4, 0.5) is 0 Å². The smallest absolute Gasteiger partial charge is 0.258 e. The molecule has 0 saturated heterocycles. The van der Waals surface area contributed by atoms with Gasteiger partial charge < -0.3 is 15.0 Å². The van der Waals surface area contributed by atoms with Gasteiger partial charge in [-0.15, -0.1) is 0 Å². The van der Waals surface area contributed by atoms with E-state index >= 15 is 0 Å². The van der Waals surface area contributed by atoms with Gasteiger partial charge in [0.15, 0.2) is 0 Å². The van der Waals surface area contributed by atoms with E-state index in [0.717, 1.165) is 34.5 Å². The second-order valence-electron chi connectivity index (χ2n) is 7.59. The number of nitrogens with zero attached hydrogens (tertiary/aromatic N) is 2. The molecule has 4 rings (SSSR count). The topological polar surface area (TPSA) is 65.4 Å². The molecule has 142 valence electrons. The van der Waals surface area contributed by atoms with Crippen LogP contribution >= 0.6 is 0 Å². The summed E-state index contributed by atoms with van der Waals surface area (Å²) in [7, 11) is 0. The molecule has 28 heavy (non-hydrogen) atoms. The number of nitrogens with one attached hydrogen (secondary N) is 1. The van der Waals surface area contributed by atoms with Crippen LogP contribution in [0.3, 0.4) is 0 Å². The Morgan fingerprint density at radius 1 is 1.21 bits per heavy atom. The van der Waals surface area contributed by atoms with Gasteiger partial charge in [0.05, 0.1) is 23.9 Å². The summed E-state index contributed by atoms with van der Waals surface area (Å²) in [6.45, 7) is 8.03. The minimum absolute atomic E-state index is 0.00870. The molecule has 0 fully saturated rings. The molecule has 2 heterocycles. The molecule has 2 aromatic rings. The zero-order chi connectivity index (χ0) is 19.9. The molecular formula is C23H23N3O2. The van der Waals surface area contributed by atoms with E-state index in [2.05, 4.69) is 18.3 Å². The molecular weight excluding hydrogens is 350 g/mol. The summed E-state index contributed by atoms with van der Waals surface area (Å²) in [4.78, 5) is 15.1. The Bertz CT molecular complexity index is 1030. The van der Waals surface area contributed by atoms with Crippen LogP contribution in [0.1, 0.15) is 47.8 Å². The standard InChI is InChI=1S/C23H23N3O2/c1-4-25-13-19-21(26-14-16-7-5-6-8-17(16)22(26)27)18-11-15(12-24)9-10-20(18)28-23(19,2)3/h5-11,25H,4,13-14H2,1-3H3. The normalized spacial score (nSPS) is 17.1. The molecule has 0 aromatic heterocycles. The fourth-order valence-electron chi connectivity index (χ4n) is 3.95. The fraction of sp³-hybridized carbons (Fsp3) is 0.304. The van der Waals surface area contributed by atoms with Crippen LogP contribution in [0.5, 0.6) is 5.75 Å². The third-order valence-corrected chi connectivity index (χ3v) is 5.38. The summed E-state index contributed by atoms with van der Waals surface area (Å²) in [5, 5.41) is 12.8. The van der Waals surface area contributed by atoms with Crippen molar-refractivity contribution in [3.8, 4) is 11.8 Å². The van der Waals surface area contributed by atoms with Crippen molar-refractivity contribution in [1.29, 1.82) is 5.26 Å². The van der Waals surface area contributed by atoms with Gasteiger partial charge in [0, 0.05) is 23.2 Å². The fourth-order valence-corrected chi connectivity index (χ4v) is 3.95. The number of likely N-dealkylation sites (N-methyl/N-ethyl adjacent to an activating group) is 1. The van der Waals surface area contributed by atoms with E-state index in [1.54, 1.807) is 6.07 Å². The number of ether oxygens (including phenoxy) is 1. The molecule has 0 aliphatic carbocycles. The van der Waals surface area contributed by atoms with Crippen LogP contribution in [0.2, 0.25) is 0 Å². The zero-order valence-electron chi connectivity index (χ0n) is 16.4. The highest BCUT2D eigenvalue weighted by Gasteiger charge is 2.40.